The monoisotopic (exact) mass is 326 g/mol. The van der Waals surface area contributed by atoms with Gasteiger partial charge in [0.1, 0.15) is 5.69 Å². The van der Waals surface area contributed by atoms with Gasteiger partial charge in [0, 0.05) is 18.4 Å². The molecule has 0 saturated heterocycles. The lowest BCUT2D eigenvalue weighted by Gasteiger charge is -2.22. The standard InChI is InChI=1S/C15H22N2O4S/c1-22(20,21)13-9-10-14(15(11-13)17(18)19)16-12-7-5-3-2-4-6-8-12/h9-12,16H,2-8H2,1H3. The topological polar surface area (TPSA) is 89.3 Å². The molecule has 2 rings (SSSR count). The maximum Gasteiger partial charge on any atom is 0.293 e. The average molecular weight is 326 g/mol. The summed E-state index contributed by atoms with van der Waals surface area (Å²) in [6, 6.07) is 4.28. The van der Waals surface area contributed by atoms with Gasteiger partial charge in [0.25, 0.3) is 5.69 Å². The third-order valence-corrected chi connectivity index (χ3v) is 5.17. The lowest BCUT2D eigenvalue weighted by Crippen LogP contribution is -2.21. The van der Waals surface area contributed by atoms with Crippen LogP contribution in [0.4, 0.5) is 11.4 Å². The summed E-state index contributed by atoms with van der Waals surface area (Å²) in [5.74, 6) is 0. The van der Waals surface area contributed by atoms with Crippen molar-refractivity contribution < 1.29 is 13.3 Å². The zero-order chi connectivity index (χ0) is 16.2. The first kappa shape index (κ1) is 16.7. The third-order valence-electron chi connectivity index (χ3n) is 4.06. The Kier molecular flexibility index (Phi) is 5.39. The van der Waals surface area contributed by atoms with Crippen LogP contribution in [0.3, 0.4) is 0 Å². The molecule has 1 fully saturated rings. The van der Waals surface area contributed by atoms with Gasteiger partial charge in [0.2, 0.25) is 0 Å². The molecule has 0 spiro atoms. The first-order valence-corrected chi connectivity index (χ1v) is 9.52. The van der Waals surface area contributed by atoms with Crippen molar-refractivity contribution in [1.82, 2.24) is 0 Å². The van der Waals surface area contributed by atoms with Crippen LogP contribution in [0.15, 0.2) is 23.1 Å². The predicted molar refractivity (Wildman–Crippen MR) is 85.9 cm³/mol. The smallest absolute Gasteiger partial charge is 0.293 e. The second kappa shape index (κ2) is 7.09. The molecule has 7 heteroatoms. The van der Waals surface area contributed by atoms with E-state index in [-0.39, 0.29) is 16.6 Å². The highest BCUT2D eigenvalue weighted by Gasteiger charge is 2.21. The number of hydrogen-bond donors (Lipinski definition) is 1. The first-order valence-electron chi connectivity index (χ1n) is 7.63. The van der Waals surface area contributed by atoms with E-state index in [0.717, 1.165) is 38.0 Å². The summed E-state index contributed by atoms with van der Waals surface area (Å²) < 4.78 is 23.1. The molecule has 22 heavy (non-hydrogen) atoms. The zero-order valence-electron chi connectivity index (χ0n) is 12.7. The summed E-state index contributed by atoms with van der Waals surface area (Å²) in [5.41, 5.74) is 0.230. The summed E-state index contributed by atoms with van der Waals surface area (Å²) in [6.45, 7) is 0. The molecule has 0 aromatic heterocycles. The molecule has 0 aliphatic heterocycles. The molecule has 1 aromatic carbocycles. The van der Waals surface area contributed by atoms with Crippen LogP contribution in [0, 0.1) is 10.1 Å². The molecule has 0 heterocycles. The number of benzene rings is 1. The van der Waals surface area contributed by atoms with Gasteiger partial charge in [0.05, 0.1) is 9.82 Å². The van der Waals surface area contributed by atoms with Crippen molar-refractivity contribution in [2.45, 2.75) is 55.9 Å². The molecular formula is C15H22N2O4S. The van der Waals surface area contributed by atoms with E-state index < -0.39 is 14.8 Å². The molecule has 0 amide bonds. The van der Waals surface area contributed by atoms with Gasteiger partial charge in [-0.3, -0.25) is 10.1 Å². The third kappa shape index (κ3) is 4.43. The summed E-state index contributed by atoms with van der Waals surface area (Å²) in [6.07, 6.45) is 8.93. The van der Waals surface area contributed by atoms with Crippen molar-refractivity contribution in [3.8, 4) is 0 Å². The number of hydrogen-bond acceptors (Lipinski definition) is 5. The van der Waals surface area contributed by atoms with E-state index in [9.17, 15) is 18.5 Å². The number of rotatable bonds is 4. The first-order chi connectivity index (χ1) is 10.4. The maximum atomic E-state index is 11.5. The number of sulfone groups is 1. The largest absolute Gasteiger partial charge is 0.377 e. The van der Waals surface area contributed by atoms with Crippen LogP contribution >= 0.6 is 0 Å². The van der Waals surface area contributed by atoms with Crippen molar-refractivity contribution in [3.05, 3.63) is 28.3 Å². The molecule has 0 unspecified atom stereocenters. The Balaban J connectivity index is 2.24. The minimum absolute atomic E-state index is 0.0255. The van der Waals surface area contributed by atoms with E-state index in [1.165, 1.54) is 31.4 Å². The highest BCUT2D eigenvalue weighted by atomic mass is 32.2. The average Bonchev–Trinajstić information content (AvgIpc) is 2.40. The van der Waals surface area contributed by atoms with Crippen LogP contribution in [-0.2, 0) is 9.84 Å². The fraction of sp³-hybridized carbons (Fsp3) is 0.600. The van der Waals surface area contributed by atoms with E-state index >= 15 is 0 Å². The molecular weight excluding hydrogens is 304 g/mol. The van der Waals surface area contributed by atoms with Crippen LogP contribution in [-0.4, -0.2) is 25.6 Å². The minimum Gasteiger partial charge on any atom is -0.377 e. The fourth-order valence-electron chi connectivity index (χ4n) is 2.84. The summed E-state index contributed by atoms with van der Waals surface area (Å²) in [5, 5.41) is 14.5. The molecule has 0 atom stereocenters. The van der Waals surface area contributed by atoms with Gasteiger partial charge in [-0.2, -0.15) is 0 Å². The normalized spacial score (nSPS) is 17.5. The number of nitrogens with zero attached hydrogens (tertiary/aromatic N) is 1. The molecule has 1 N–H and O–H groups in total. The van der Waals surface area contributed by atoms with Crippen LogP contribution < -0.4 is 5.32 Å². The summed E-state index contributed by atoms with van der Waals surface area (Å²) in [4.78, 5) is 10.7. The number of nitro benzene ring substituents is 1. The molecule has 6 nitrogen and oxygen atoms in total. The molecule has 1 aromatic rings. The van der Waals surface area contributed by atoms with Crippen molar-refractivity contribution in [1.29, 1.82) is 0 Å². The second-order valence-corrected chi connectivity index (χ2v) is 7.91. The van der Waals surface area contributed by atoms with Gasteiger partial charge in [-0.15, -0.1) is 0 Å². The lowest BCUT2D eigenvalue weighted by molar-refractivity contribution is -0.384. The molecule has 0 radical (unpaired) electrons. The Labute approximate surface area is 131 Å². The van der Waals surface area contributed by atoms with E-state index in [2.05, 4.69) is 5.32 Å². The Morgan fingerprint density at radius 2 is 1.73 bits per heavy atom. The van der Waals surface area contributed by atoms with E-state index in [4.69, 9.17) is 0 Å². The Morgan fingerprint density at radius 3 is 2.27 bits per heavy atom. The Hall–Kier alpha value is -1.63. The minimum atomic E-state index is -3.45. The summed E-state index contributed by atoms with van der Waals surface area (Å²) >= 11 is 0. The van der Waals surface area contributed by atoms with Gasteiger partial charge in [-0.25, -0.2) is 8.42 Å². The van der Waals surface area contributed by atoms with Crippen molar-refractivity contribution >= 4 is 21.2 Å². The maximum absolute atomic E-state index is 11.5. The quantitative estimate of drug-likeness (QED) is 0.675. The van der Waals surface area contributed by atoms with Gasteiger partial charge in [-0.1, -0.05) is 32.1 Å². The Morgan fingerprint density at radius 1 is 1.14 bits per heavy atom. The van der Waals surface area contributed by atoms with Gasteiger partial charge >= 0.3 is 0 Å². The van der Waals surface area contributed by atoms with Gasteiger partial charge < -0.3 is 5.32 Å². The van der Waals surface area contributed by atoms with Crippen LogP contribution in [0.1, 0.15) is 44.9 Å². The van der Waals surface area contributed by atoms with Crippen LogP contribution in [0.25, 0.3) is 0 Å². The van der Waals surface area contributed by atoms with Crippen molar-refractivity contribution in [2.24, 2.45) is 0 Å². The predicted octanol–water partition coefficient (Wildman–Crippen LogP) is 3.52. The highest BCUT2D eigenvalue weighted by molar-refractivity contribution is 7.90. The van der Waals surface area contributed by atoms with E-state index in [1.54, 1.807) is 0 Å². The van der Waals surface area contributed by atoms with E-state index in [0.29, 0.717) is 5.69 Å². The molecule has 1 aliphatic rings. The SMILES string of the molecule is CS(=O)(=O)c1ccc(NC2CCCCCCC2)c([N+](=O)[O-])c1. The van der Waals surface area contributed by atoms with Gasteiger partial charge in [0.15, 0.2) is 9.84 Å². The van der Waals surface area contributed by atoms with Crippen molar-refractivity contribution in [3.63, 3.8) is 0 Å². The number of nitrogens with one attached hydrogen (secondary N) is 1. The Bertz CT molecular complexity index is 635. The van der Waals surface area contributed by atoms with Gasteiger partial charge in [-0.05, 0) is 25.0 Å². The molecule has 1 aliphatic carbocycles. The second-order valence-electron chi connectivity index (χ2n) is 5.89. The van der Waals surface area contributed by atoms with Crippen molar-refractivity contribution in [2.75, 3.05) is 11.6 Å². The lowest BCUT2D eigenvalue weighted by atomic mass is 9.96. The van der Waals surface area contributed by atoms with Crippen LogP contribution in [0.2, 0.25) is 0 Å². The van der Waals surface area contributed by atoms with E-state index in [1.807, 2.05) is 0 Å². The number of nitro groups is 1. The molecule has 1 saturated carbocycles. The zero-order valence-corrected chi connectivity index (χ0v) is 13.6. The number of anilines is 1. The van der Waals surface area contributed by atoms with Crippen LogP contribution in [0.5, 0.6) is 0 Å². The summed E-state index contributed by atoms with van der Waals surface area (Å²) in [7, 11) is -3.45. The molecule has 122 valence electrons. The fourth-order valence-corrected chi connectivity index (χ4v) is 3.48. The molecule has 0 bridgehead atoms. The highest BCUT2D eigenvalue weighted by Crippen LogP contribution is 2.30.